The van der Waals surface area contributed by atoms with Crippen molar-refractivity contribution in [2.24, 2.45) is 11.7 Å². The Morgan fingerprint density at radius 1 is 1.28 bits per heavy atom. The predicted molar refractivity (Wildman–Crippen MR) is 106 cm³/mol. The van der Waals surface area contributed by atoms with Gasteiger partial charge in [0.1, 0.15) is 22.9 Å². The summed E-state index contributed by atoms with van der Waals surface area (Å²) in [6.07, 6.45) is 2.05. The molecule has 0 amide bonds. The number of nitrogens with two attached hydrogens (primary N) is 2. The lowest BCUT2D eigenvalue weighted by molar-refractivity contribution is 0.0696. The molecule has 1 aliphatic carbocycles. The summed E-state index contributed by atoms with van der Waals surface area (Å²) < 4.78 is 32.0. The molecule has 1 atom stereocenters. The fourth-order valence-electron chi connectivity index (χ4n) is 4.28. The first-order chi connectivity index (χ1) is 13.5. The van der Waals surface area contributed by atoms with Crippen LogP contribution in [0.25, 0.3) is 10.9 Å². The molecule has 0 bridgehead atoms. The monoisotopic (exact) mass is 406 g/mol. The van der Waals surface area contributed by atoms with Crippen LogP contribution in [0, 0.1) is 17.6 Å². The van der Waals surface area contributed by atoms with E-state index in [2.05, 4.69) is 0 Å². The van der Waals surface area contributed by atoms with Gasteiger partial charge in [-0.1, -0.05) is 0 Å². The topological polar surface area (TPSA) is 115 Å². The number of nitrogen functional groups attached to an aromatic ring is 1. The molecule has 2 fully saturated rings. The lowest BCUT2D eigenvalue weighted by Gasteiger charge is -2.28. The van der Waals surface area contributed by atoms with Gasteiger partial charge < -0.3 is 26.0 Å². The fraction of sp³-hybridized carbons (Fsp3) is 0.500. The van der Waals surface area contributed by atoms with Crippen molar-refractivity contribution in [3.63, 3.8) is 0 Å². The molecule has 7 nitrogen and oxygen atoms in total. The van der Waals surface area contributed by atoms with Crippen LogP contribution in [-0.4, -0.2) is 34.3 Å². The van der Waals surface area contributed by atoms with E-state index < -0.39 is 34.1 Å². The summed E-state index contributed by atoms with van der Waals surface area (Å²) in [5, 5.41) is 9.09. The van der Waals surface area contributed by atoms with Gasteiger partial charge in [-0.15, -0.1) is 0 Å². The van der Waals surface area contributed by atoms with Crippen molar-refractivity contribution < 1.29 is 18.7 Å². The van der Waals surface area contributed by atoms with Crippen molar-refractivity contribution in [3.8, 4) is 0 Å². The highest BCUT2D eigenvalue weighted by atomic mass is 19.1. The Kier molecular flexibility index (Phi) is 4.34. The Hall–Kier alpha value is -2.68. The van der Waals surface area contributed by atoms with Gasteiger partial charge in [0.25, 0.3) is 0 Å². The van der Waals surface area contributed by atoms with Gasteiger partial charge in [0.15, 0.2) is 5.82 Å². The normalized spacial score (nSPS) is 19.9. The molecular formula is C20H24F2N4O3. The third-order valence-corrected chi connectivity index (χ3v) is 6.08. The van der Waals surface area contributed by atoms with Crippen LogP contribution in [0.4, 0.5) is 20.3 Å². The SMILES string of the molecule is CC(C)(N)[C@@H]1CCN(c2c(F)cc3c(=O)c(C(=O)O)c(N)n(C4CC4)c3c2F)C1. The Morgan fingerprint density at radius 2 is 1.93 bits per heavy atom. The summed E-state index contributed by atoms with van der Waals surface area (Å²) in [4.78, 5) is 25.8. The standard InChI is InChI=1S/C20H24F2N4O3/c1-20(2,24)9-5-6-25(8-9)16-12(21)7-11-15(14(16)22)26(10-3-4-10)18(23)13(17(11)27)19(28)29/h7,9-10H,3-6,8,23-24H2,1-2H3,(H,28,29)/t9-/m1/s1. The smallest absolute Gasteiger partial charge is 0.343 e. The van der Waals surface area contributed by atoms with E-state index in [9.17, 15) is 19.1 Å². The van der Waals surface area contributed by atoms with Crippen molar-refractivity contribution in [3.05, 3.63) is 33.5 Å². The molecule has 2 heterocycles. The number of halogens is 2. The maximum Gasteiger partial charge on any atom is 0.343 e. The van der Waals surface area contributed by atoms with Gasteiger partial charge in [0, 0.05) is 24.7 Å². The minimum atomic E-state index is -1.51. The molecule has 0 radical (unpaired) electrons. The van der Waals surface area contributed by atoms with Crippen molar-refractivity contribution in [2.75, 3.05) is 23.7 Å². The van der Waals surface area contributed by atoms with Gasteiger partial charge in [0.2, 0.25) is 5.43 Å². The van der Waals surface area contributed by atoms with Crippen LogP contribution >= 0.6 is 0 Å². The Morgan fingerprint density at radius 3 is 2.45 bits per heavy atom. The second kappa shape index (κ2) is 6.41. The highest BCUT2D eigenvalue weighted by Gasteiger charge is 2.37. The van der Waals surface area contributed by atoms with Gasteiger partial charge in [-0.25, -0.2) is 13.6 Å². The molecule has 2 aliphatic rings. The highest BCUT2D eigenvalue weighted by Crippen LogP contribution is 2.42. The molecule has 1 aromatic heterocycles. The number of benzene rings is 1. The summed E-state index contributed by atoms with van der Waals surface area (Å²) in [6.45, 7) is 4.58. The molecule has 1 aromatic carbocycles. The number of fused-ring (bicyclic) bond motifs is 1. The summed E-state index contributed by atoms with van der Waals surface area (Å²) in [5.74, 6) is -3.53. The second-order valence-corrected chi connectivity index (χ2v) is 8.67. The molecule has 1 saturated heterocycles. The van der Waals surface area contributed by atoms with Crippen LogP contribution in [0.1, 0.15) is 49.5 Å². The summed E-state index contributed by atoms with van der Waals surface area (Å²) in [7, 11) is 0. The molecule has 2 aromatic rings. The van der Waals surface area contributed by atoms with E-state index in [0.29, 0.717) is 32.4 Å². The average molecular weight is 406 g/mol. The second-order valence-electron chi connectivity index (χ2n) is 8.67. The largest absolute Gasteiger partial charge is 0.477 e. The number of carboxylic acids is 1. The van der Waals surface area contributed by atoms with Crippen molar-refractivity contribution in [1.29, 1.82) is 0 Å². The predicted octanol–water partition coefficient (Wildman–Crippen LogP) is 2.46. The van der Waals surface area contributed by atoms with E-state index in [4.69, 9.17) is 11.5 Å². The number of carboxylic acid groups (broad SMARTS) is 1. The van der Waals surface area contributed by atoms with E-state index in [0.717, 1.165) is 6.07 Å². The zero-order valence-electron chi connectivity index (χ0n) is 16.3. The molecule has 1 aliphatic heterocycles. The van der Waals surface area contributed by atoms with Crippen LogP contribution in [0.3, 0.4) is 0 Å². The molecule has 0 unspecified atom stereocenters. The number of anilines is 2. The van der Waals surface area contributed by atoms with Crippen molar-refractivity contribution in [1.82, 2.24) is 4.57 Å². The lowest BCUT2D eigenvalue weighted by Crippen LogP contribution is -2.42. The molecule has 5 N–H and O–H groups in total. The number of nitrogens with zero attached hydrogens (tertiary/aromatic N) is 2. The molecule has 0 spiro atoms. The van der Waals surface area contributed by atoms with Crippen LogP contribution < -0.4 is 21.8 Å². The molecule has 9 heteroatoms. The maximum absolute atomic E-state index is 15.7. The minimum Gasteiger partial charge on any atom is -0.477 e. The molecule has 29 heavy (non-hydrogen) atoms. The lowest BCUT2D eigenvalue weighted by atomic mass is 9.88. The highest BCUT2D eigenvalue weighted by molar-refractivity contribution is 5.99. The van der Waals surface area contributed by atoms with E-state index >= 15 is 4.39 Å². The summed E-state index contributed by atoms with van der Waals surface area (Å²) >= 11 is 0. The zero-order chi connectivity index (χ0) is 21.2. The third-order valence-electron chi connectivity index (χ3n) is 6.08. The first-order valence-corrected chi connectivity index (χ1v) is 9.65. The quantitative estimate of drug-likeness (QED) is 0.719. The number of carbonyl (C=O) groups is 1. The molecule has 156 valence electrons. The van der Waals surface area contributed by atoms with Gasteiger partial charge in [-0.2, -0.15) is 0 Å². The van der Waals surface area contributed by atoms with Crippen LogP contribution in [-0.2, 0) is 0 Å². The maximum atomic E-state index is 15.7. The Labute approximate surface area is 165 Å². The average Bonchev–Trinajstić information content (AvgIpc) is 3.31. The van der Waals surface area contributed by atoms with Crippen LogP contribution in [0.2, 0.25) is 0 Å². The first-order valence-electron chi connectivity index (χ1n) is 9.65. The number of hydrogen-bond donors (Lipinski definition) is 3. The number of hydrogen-bond acceptors (Lipinski definition) is 5. The van der Waals surface area contributed by atoms with Crippen molar-refractivity contribution >= 4 is 28.4 Å². The number of pyridine rings is 1. The first kappa shape index (κ1) is 19.6. The van der Waals surface area contributed by atoms with Crippen molar-refractivity contribution in [2.45, 2.75) is 44.7 Å². The summed E-state index contributed by atoms with van der Waals surface area (Å²) in [6, 6.07) is 0.722. The number of aromatic nitrogens is 1. The van der Waals surface area contributed by atoms with E-state index in [1.807, 2.05) is 13.8 Å². The number of aromatic carboxylic acids is 1. The van der Waals surface area contributed by atoms with Gasteiger partial charge in [-0.05, 0) is 45.1 Å². The van der Waals surface area contributed by atoms with Gasteiger partial charge >= 0.3 is 5.97 Å². The third kappa shape index (κ3) is 3.04. The van der Waals surface area contributed by atoms with Gasteiger partial charge in [-0.3, -0.25) is 4.79 Å². The Balaban J connectivity index is 1.96. The Bertz CT molecular complexity index is 1090. The van der Waals surface area contributed by atoms with E-state index in [1.165, 1.54) is 4.57 Å². The summed E-state index contributed by atoms with van der Waals surface area (Å²) in [5.41, 5.74) is 9.67. The van der Waals surface area contributed by atoms with Crippen LogP contribution in [0.15, 0.2) is 10.9 Å². The minimum absolute atomic E-state index is 0.0575. The number of rotatable bonds is 4. The zero-order valence-corrected chi connectivity index (χ0v) is 16.3. The van der Waals surface area contributed by atoms with Crippen LogP contribution in [0.5, 0.6) is 0 Å². The molecular weight excluding hydrogens is 382 g/mol. The van der Waals surface area contributed by atoms with E-state index in [1.54, 1.807) is 4.90 Å². The molecule has 1 saturated carbocycles. The fourth-order valence-corrected chi connectivity index (χ4v) is 4.28. The van der Waals surface area contributed by atoms with Gasteiger partial charge in [0.05, 0.1) is 10.9 Å². The molecule has 4 rings (SSSR count). The van der Waals surface area contributed by atoms with E-state index in [-0.39, 0.29) is 34.4 Å².